The molecule has 0 saturated carbocycles. The van der Waals surface area contributed by atoms with Gasteiger partial charge in [-0.3, -0.25) is 9.59 Å². The number of amides is 1. The second-order valence-electron chi connectivity index (χ2n) is 4.63. The van der Waals surface area contributed by atoms with E-state index in [0.717, 1.165) is 25.8 Å². The van der Waals surface area contributed by atoms with Gasteiger partial charge in [0.15, 0.2) is 0 Å². The molecule has 1 aliphatic rings. The zero-order valence-electron chi connectivity index (χ0n) is 11.2. The summed E-state index contributed by atoms with van der Waals surface area (Å²) in [5.74, 6) is -0.0239. The number of carbonyl (C=O) groups excluding carboxylic acids is 2. The Morgan fingerprint density at radius 3 is 2.72 bits per heavy atom. The van der Waals surface area contributed by atoms with Gasteiger partial charge < -0.3 is 4.90 Å². The van der Waals surface area contributed by atoms with Gasteiger partial charge in [0.1, 0.15) is 5.78 Å². The number of carbonyl (C=O) groups is 2. The van der Waals surface area contributed by atoms with Crippen LogP contribution in [0.15, 0.2) is 24.4 Å². The van der Waals surface area contributed by atoms with E-state index in [1.54, 1.807) is 11.1 Å². The SMILES string of the molecule is CCCCC=CCCC(=O)CC(=O)N1C=CCC1. The molecule has 100 valence electrons. The normalized spacial score (nSPS) is 14.6. The second kappa shape index (κ2) is 8.67. The molecular weight excluding hydrogens is 226 g/mol. The average Bonchev–Trinajstić information content (AvgIpc) is 2.87. The molecule has 3 nitrogen and oxygen atoms in total. The lowest BCUT2D eigenvalue weighted by atomic mass is 10.1. The lowest BCUT2D eigenvalue weighted by molar-refractivity contribution is -0.133. The third-order valence-electron chi connectivity index (χ3n) is 2.97. The zero-order valence-corrected chi connectivity index (χ0v) is 11.2. The molecule has 0 aromatic heterocycles. The third-order valence-corrected chi connectivity index (χ3v) is 2.97. The molecule has 0 aliphatic carbocycles. The fourth-order valence-corrected chi connectivity index (χ4v) is 1.86. The van der Waals surface area contributed by atoms with Crippen molar-refractivity contribution in [2.24, 2.45) is 0 Å². The maximum Gasteiger partial charge on any atom is 0.233 e. The van der Waals surface area contributed by atoms with Crippen molar-refractivity contribution in [3.63, 3.8) is 0 Å². The molecule has 1 amide bonds. The van der Waals surface area contributed by atoms with Crippen LogP contribution in [-0.2, 0) is 9.59 Å². The van der Waals surface area contributed by atoms with Gasteiger partial charge in [-0.05, 0) is 19.3 Å². The lowest BCUT2D eigenvalue weighted by Gasteiger charge is -2.12. The molecule has 0 atom stereocenters. The van der Waals surface area contributed by atoms with Crippen molar-refractivity contribution in [3.8, 4) is 0 Å². The van der Waals surface area contributed by atoms with E-state index in [1.807, 2.05) is 12.2 Å². The van der Waals surface area contributed by atoms with Crippen molar-refractivity contribution < 1.29 is 9.59 Å². The van der Waals surface area contributed by atoms with Crippen LogP contribution in [0.2, 0.25) is 0 Å². The highest BCUT2D eigenvalue weighted by atomic mass is 16.2. The van der Waals surface area contributed by atoms with Crippen LogP contribution in [0, 0.1) is 0 Å². The molecule has 18 heavy (non-hydrogen) atoms. The zero-order chi connectivity index (χ0) is 13.2. The minimum Gasteiger partial charge on any atom is -0.319 e. The first-order chi connectivity index (χ1) is 8.74. The summed E-state index contributed by atoms with van der Waals surface area (Å²) in [7, 11) is 0. The Morgan fingerprint density at radius 1 is 1.28 bits per heavy atom. The minimum absolute atomic E-state index is 0.0421. The summed E-state index contributed by atoms with van der Waals surface area (Å²) in [6.45, 7) is 2.89. The van der Waals surface area contributed by atoms with Crippen LogP contribution in [0.3, 0.4) is 0 Å². The van der Waals surface area contributed by atoms with Crippen LogP contribution in [0.4, 0.5) is 0 Å². The van der Waals surface area contributed by atoms with Crippen LogP contribution in [0.1, 0.15) is 51.9 Å². The minimum atomic E-state index is -0.0660. The van der Waals surface area contributed by atoms with Crippen LogP contribution < -0.4 is 0 Å². The molecule has 1 aliphatic heterocycles. The summed E-state index contributed by atoms with van der Waals surface area (Å²) in [6.07, 6.45) is 13.6. The summed E-state index contributed by atoms with van der Waals surface area (Å²) >= 11 is 0. The maximum absolute atomic E-state index is 11.7. The summed E-state index contributed by atoms with van der Waals surface area (Å²) in [4.78, 5) is 24.9. The van der Waals surface area contributed by atoms with Crippen LogP contribution >= 0.6 is 0 Å². The number of nitrogens with zero attached hydrogens (tertiary/aromatic N) is 1. The van der Waals surface area contributed by atoms with Gasteiger partial charge in [-0.2, -0.15) is 0 Å². The molecule has 0 bridgehead atoms. The molecule has 0 fully saturated rings. The van der Waals surface area contributed by atoms with Crippen molar-refractivity contribution in [3.05, 3.63) is 24.4 Å². The van der Waals surface area contributed by atoms with Crippen molar-refractivity contribution in [2.75, 3.05) is 6.54 Å². The molecule has 1 heterocycles. The molecule has 0 saturated heterocycles. The standard InChI is InChI=1S/C15H23NO2/c1-2-3-4-5-6-7-10-14(17)13-15(18)16-11-8-9-12-16/h5-6,8,11H,2-4,7,9-10,12-13H2,1H3. The first-order valence-electron chi connectivity index (χ1n) is 6.87. The predicted octanol–water partition coefficient (Wildman–Crippen LogP) is 3.22. The Morgan fingerprint density at radius 2 is 2.06 bits per heavy atom. The van der Waals surface area contributed by atoms with E-state index in [2.05, 4.69) is 13.0 Å². The molecule has 0 aromatic rings. The summed E-state index contributed by atoms with van der Waals surface area (Å²) in [5, 5.41) is 0. The fraction of sp³-hybridized carbons (Fsp3) is 0.600. The average molecular weight is 249 g/mol. The highest BCUT2D eigenvalue weighted by Gasteiger charge is 2.16. The van der Waals surface area contributed by atoms with Gasteiger partial charge in [0, 0.05) is 19.2 Å². The van der Waals surface area contributed by atoms with Gasteiger partial charge in [0.05, 0.1) is 6.42 Å². The van der Waals surface area contributed by atoms with Crippen molar-refractivity contribution in [1.29, 1.82) is 0 Å². The van der Waals surface area contributed by atoms with Crippen LogP contribution in [0.25, 0.3) is 0 Å². The Labute approximate surface area is 110 Å². The van der Waals surface area contributed by atoms with E-state index >= 15 is 0 Å². The number of ketones is 1. The number of hydrogen-bond donors (Lipinski definition) is 0. The number of unbranched alkanes of at least 4 members (excludes halogenated alkanes) is 2. The van der Waals surface area contributed by atoms with E-state index in [4.69, 9.17) is 0 Å². The summed E-state index contributed by atoms with van der Waals surface area (Å²) < 4.78 is 0. The quantitative estimate of drug-likeness (QED) is 0.376. The molecule has 0 spiro atoms. The molecule has 0 aromatic carbocycles. The Kier molecular flexibility index (Phi) is 7.07. The third kappa shape index (κ3) is 5.80. The topological polar surface area (TPSA) is 37.4 Å². The number of rotatable bonds is 8. The van der Waals surface area contributed by atoms with Gasteiger partial charge >= 0.3 is 0 Å². The summed E-state index contributed by atoms with van der Waals surface area (Å²) in [6, 6.07) is 0. The van der Waals surface area contributed by atoms with E-state index in [1.165, 1.54) is 12.8 Å². The highest BCUT2D eigenvalue weighted by Crippen LogP contribution is 2.08. The molecule has 3 heteroatoms. The predicted molar refractivity (Wildman–Crippen MR) is 73.0 cm³/mol. The largest absolute Gasteiger partial charge is 0.319 e. The smallest absolute Gasteiger partial charge is 0.233 e. The fourth-order valence-electron chi connectivity index (χ4n) is 1.86. The molecular formula is C15H23NO2. The molecule has 0 radical (unpaired) electrons. The Hall–Kier alpha value is -1.38. The van der Waals surface area contributed by atoms with Gasteiger partial charge in [-0.15, -0.1) is 0 Å². The van der Waals surface area contributed by atoms with Crippen molar-refractivity contribution in [1.82, 2.24) is 4.90 Å². The number of hydrogen-bond acceptors (Lipinski definition) is 2. The molecule has 1 rings (SSSR count). The first-order valence-corrected chi connectivity index (χ1v) is 6.87. The van der Waals surface area contributed by atoms with Crippen LogP contribution in [0.5, 0.6) is 0 Å². The van der Waals surface area contributed by atoms with Crippen LogP contribution in [-0.4, -0.2) is 23.1 Å². The van der Waals surface area contributed by atoms with Gasteiger partial charge in [-0.1, -0.05) is 38.0 Å². The van der Waals surface area contributed by atoms with E-state index in [9.17, 15) is 9.59 Å². The maximum atomic E-state index is 11.7. The van der Waals surface area contributed by atoms with E-state index in [0.29, 0.717) is 6.42 Å². The second-order valence-corrected chi connectivity index (χ2v) is 4.63. The van der Waals surface area contributed by atoms with E-state index in [-0.39, 0.29) is 18.1 Å². The molecule has 0 N–H and O–H groups in total. The Balaban J connectivity index is 2.11. The number of allylic oxidation sites excluding steroid dienone is 2. The monoisotopic (exact) mass is 249 g/mol. The summed E-state index contributed by atoms with van der Waals surface area (Å²) in [5.41, 5.74) is 0. The van der Waals surface area contributed by atoms with Crippen molar-refractivity contribution in [2.45, 2.75) is 51.9 Å². The lowest BCUT2D eigenvalue weighted by Crippen LogP contribution is -2.25. The molecule has 0 unspecified atom stereocenters. The highest BCUT2D eigenvalue weighted by molar-refractivity contribution is 5.98. The van der Waals surface area contributed by atoms with Crippen molar-refractivity contribution >= 4 is 11.7 Å². The first kappa shape index (κ1) is 14.7. The van der Waals surface area contributed by atoms with E-state index < -0.39 is 0 Å². The van der Waals surface area contributed by atoms with Gasteiger partial charge in [0.25, 0.3) is 0 Å². The number of Topliss-reactive ketones (excluding diaryl/α,β-unsaturated/α-hetero) is 1. The Bertz CT molecular complexity index is 331. The van der Waals surface area contributed by atoms with Gasteiger partial charge in [-0.25, -0.2) is 0 Å². The van der Waals surface area contributed by atoms with Gasteiger partial charge in [0.2, 0.25) is 5.91 Å².